The summed E-state index contributed by atoms with van der Waals surface area (Å²) in [5.74, 6) is -6.35. The normalized spacial score (nSPS) is 22.4. The number of benzene rings is 2. The van der Waals surface area contributed by atoms with Gasteiger partial charge >= 0.3 is 5.92 Å². The van der Waals surface area contributed by atoms with Gasteiger partial charge in [0.2, 0.25) is 17.8 Å². The van der Waals surface area contributed by atoms with Crippen LogP contribution in [0.2, 0.25) is 0 Å². The van der Waals surface area contributed by atoms with Crippen molar-refractivity contribution in [2.45, 2.75) is 75.8 Å². The Kier molecular flexibility index (Phi) is 11.4. The number of amides is 5. The Labute approximate surface area is 362 Å². The number of piperazine rings is 1. The highest BCUT2D eigenvalue weighted by Gasteiger charge is 2.49. The van der Waals surface area contributed by atoms with Crippen molar-refractivity contribution in [2.75, 3.05) is 91.4 Å². The average molecular weight is 873 g/mol. The Morgan fingerprint density at radius 3 is 2.33 bits per heavy atom. The monoisotopic (exact) mass is 872 g/mol. The molecule has 1 unspecified atom stereocenters. The van der Waals surface area contributed by atoms with E-state index in [1.165, 1.54) is 31.3 Å². The predicted octanol–water partition coefficient (Wildman–Crippen LogP) is 4.56. The van der Waals surface area contributed by atoms with Crippen molar-refractivity contribution in [2.24, 2.45) is 5.92 Å². The van der Waals surface area contributed by atoms with Gasteiger partial charge in [-0.05, 0) is 63.1 Å². The zero-order chi connectivity index (χ0) is 44.2. The van der Waals surface area contributed by atoms with E-state index in [-0.39, 0.29) is 47.6 Å². The number of hydrogen-bond acceptors (Lipinski definition) is 13. The quantitative estimate of drug-likeness (QED) is 0.273. The summed E-state index contributed by atoms with van der Waals surface area (Å²) in [6.45, 7) is 4.30. The maximum atomic E-state index is 15.9. The van der Waals surface area contributed by atoms with Gasteiger partial charge in [0.15, 0.2) is 5.82 Å². The molecule has 5 amide bonds. The summed E-state index contributed by atoms with van der Waals surface area (Å²) in [7, 11) is 2.78. The van der Waals surface area contributed by atoms with Gasteiger partial charge in [-0.2, -0.15) is 13.8 Å². The van der Waals surface area contributed by atoms with Crippen molar-refractivity contribution in [1.82, 2.24) is 25.1 Å². The van der Waals surface area contributed by atoms with Gasteiger partial charge in [-0.15, -0.1) is 0 Å². The number of aromatic nitrogens is 2. The number of ether oxygens (including phenoxy) is 1. The molecule has 6 heterocycles. The van der Waals surface area contributed by atoms with Gasteiger partial charge in [-0.25, -0.2) is 9.37 Å². The van der Waals surface area contributed by atoms with Crippen LogP contribution in [0.3, 0.4) is 0 Å². The smallest absolute Gasteiger partial charge is 0.342 e. The van der Waals surface area contributed by atoms with Gasteiger partial charge in [-0.1, -0.05) is 18.9 Å². The molecule has 5 aliphatic heterocycles. The number of alkyl halides is 2. The number of methoxy groups -OCH3 is 1. The molecule has 334 valence electrons. The maximum absolute atomic E-state index is 15.9. The SMILES string of the molecule is COc1cc(N2CCC(CCN3CCN(c4cccc5c4C(=O)N(C4CCC(=O)NC4=O)C5=O)CC3)CC2)c(F)cc1Nc1ncc2c(n1)N(C1CCCC1)CC(F)(F)C(=O)N2C. The molecule has 1 aromatic heterocycles. The van der Waals surface area contributed by atoms with Crippen LogP contribution in [-0.2, 0) is 14.4 Å². The van der Waals surface area contributed by atoms with Crippen LogP contribution in [0.4, 0.5) is 47.7 Å². The van der Waals surface area contributed by atoms with Gasteiger partial charge in [0.25, 0.3) is 17.7 Å². The van der Waals surface area contributed by atoms with Crippen LogP contribution in [0, 0.1) is 11.7 Å². The lowest BCUT2D eigenvalue weighted by atomic mass is 9.93. The van der Waals surface area contributed by atoms with Gasteiger partial charge in [0.1, 0.15) is 23.3 Å². The Morgan fingerprint density at radius 2 is 1.62 bits per heavy atom. The first-order chi connectivity index (χ1) is 30.3. The second-order valence-corrected chi connectivity index (χ2v) is 17.4. The maximum Gasteiger partial charge on any atom is 0.342 e. The van der Waals surface area contributed by atoms with E-state index in [0.29, 0.717) is 67.6 Å². The number of imide groups is 2. The molecule has 3 aromatic rings. The summed E-state index contributed by atoms with van der Waals surface area (Å²) in [5, 5.41) is 5.28. The van der Waals surface area contributed by atoms with Crippen molar-refractivity contribution in [3.63, 3.8) is 0 Å². The van der Waals surface area contributed by atoms with Crippen LogP contribution in [0.1, 0.15) is 78.5 Å². The van der Waals surface area contributed by atoms with Crippen molar-refractivity contribution in [3.05, 3.63) is 53.5 Å². The second-order valence-electron chi connectivity index (χ2n) is 17.4. The van der Waals surface area contributed by atoms with Gasteiger partial charge in [0, 0.05) is 70.9 Å². The molecule has 1 saturated carbocycles. The minimum atomic E-state index is -3.60. The van der Waals surface area contributed by atoms with Crippen LogP contribution < -0.4 is 35.0 Å². The summed E-state index contributed by atoms with van der Waals surface area (Å²) in [6, 6.07) is 6.99. The summed E-state index contributed by atoms with van der Waals surface area (Å²) in [6.07, 6.45) is 7.48. The molecule has 63 heavy (non-hydrogen) atoms. The number of hydrogen-bond donors (Lipinski definition) is 2. The molecule has 4 fully saturated rings. The number of nitrogens with zero attached hydrogens (tertiary/aromatic N) is 8. The summed E-state index contributed by atoms with van der Waals surface area (Å²) >= 11 is 0. The van der Waals surface area contributed by atoms with E-state index < -0.39 is 53.9 Å². The minimum Gasteiger partial charge on any atom is -0.494 e. The molecular weight excluding hydrogens is 822 g/mol. The standard InChI is InChI=1S/C44H51F3N10O6/c1-52-34-24-48-43(51-38(34)56(27-6-3-4-7-27)25-44(46,47)42(52)62)49-30-22-29(45)33(23-35(30)63-2)54-16-13-26(14-17-54)12-15-53-18-20-55(21-19-53)31-9-5-8-28-37(31)41(61)57(40(28)60)32-10-11-36(58)50-39(32)59/h5,8-9,22-24,26-27,32H,3-4,6-7,10-21,25H2,1-2H3,(H,48,49,51)(H,50,58,59). The number of piperidine rings is 2. The molecule has 0 radical (unpaired) electrons. The number of carbonyl (C=O) groups excluding carboxylic acids is 5. The lowest BCUT2D eigenvalue weighted by molar-refractivity contribution is -0.140. The summed E-state index contributed by atoms with van der Waals surface area (Å²) in [5.41, 5.74) is 2.13. The van der Waals surface area contributed by atoms with Gasteiger partial charge in [-0.3, -0.25) is 39.1 Å². The predicted molar refractivity (Wildman–Crippen MR) is 228 cm³/mol. The van der Waals surface area contributed by atoms with Gasteiger partial charge < -0.3 is 29.7 Å². The van der Waals surface area contributed by atoms with E-state index in [0.717, 1.165) is 61.5 Å². The highest BCUT2D eigenvalue weighted by molar-refractivity contribution is 6.25. The van der Waals surface area contributed by atoms with Gasteiger partial charge in [0.05, 0.1) is 48.0 Å². The first-order valence-electron chi connectivity index (χ1n) is 21.8. The number of nitrogens with one attached hydrogen (secondary N) is 2. The van der Waals surface area contributed by atoms with E-state index >= 15 is 13.2 Å². The van der Waals surface area contributed by atoms with E-state index in [1.807, 2.05) is 11.0 Å². The average Bonchev–Trinajstić information content (AvgIpc) is 3.89. The van der Waals surface area contributed by atoms with Crippen molar-refractivity contribution in [3.8, 4) is 5.75 Å². The van der Waals surface area contributed by atoms with E-state index in [1.54, 1.807) is 18.2 Å². The summed E-state index contributed by atoms with van der Waals surface area (Å²) in [4.78, 5) is 82.9. The third-order valence-corrected chi connectivity index (χ3v) is 13.6. The van der Waals surface area contributed by atoms with Crippen molar-refractivity contribution in [1.29, 1.82) is 0 Å². The fraction of sp³-hybridized carbons (Fsp3) is 0.523. The van der Waals surface area contributed by atoms with Crippen LogP contribution in [0.15, 0.2) is 36.5 Å². The first-order valence-corrected chi connectivity index (χ1v) is 21.8. The topological polar surface area (TPSA) is 164 Å². The molecule has 0 spiro atoms. The van der Waals surface area contributed by atoms with Crippen LogP contribution in [0.25, 0.3) is 0 Å². The third kappa shape index (κ3) is 7.99. The molecule has 1 atom stereocenters. The number of rotatable bonds is 10. The Bertz CT molecular complexity index is 2330. The number of anilines is 6. The first kappa shape index (κ1) is 42.3. The molecular formula is C44H51F3N10O6. The van der Waals surface area contributed by atoms with E-state index in [4.69, 9.17) is 4.74 Å². The molecule has 2 N–H and O–H groups in total. The fourth-order valence-corrected chi connectivity index (χ4v) is 10.1. The lowest BCUT2D eigenvalue weighted by Gasteiger charge is -2.38. The lowest BCUT2D eigenvalue weighted by Crippen LogP contribution is -2.54. The molecule has 16 nitrogen and oxygen atoms in total. The molecule has 1 aliphatic carbocycles. The third-order valence-electron chi connectivity index (χ3n) is 13.6. The zero-order valence-electron chi connectivity index (χ0n) is 35.4. The van der Waals surface area contributed by atoms with E-state index in [2.05, 4.69) is 30.4 Å². The van der Waals surface area contributed by atoms with Crippen LogP contribution in [-0.4, -0.2) is 134 Å². The molecule has 0 bridgehead atoms. The molecule has 3 saturated heterocycles. The van der Waals surface area contributed by atoms with Crippen molar-refractivity contribution >= 4 is 64.1 Å². The van der Waals surface area contributed by atoms with E-state index in [9.17, 15) is 24.0 Å². The Hall–Kier alpha value is -5.98. The Morgan fingerprint density at radius 1 is 0.889 bits per heavy atom. The van der Waals surface area contributed by atoms with Crippen molar-refractivity contribution < 1.29 is 41.9 Å². The molecule has 6 aliphatic rings. The highest BCUT2D eigenvalue weighted by Crippen LogP contribution is 2.42. The molecule has 9 rings (SSSR count). The van der Waals surface area contributed by atoms with Crippen LogP contribution in [0.5, 0.6) is 5.75 Å². The zero-order valence-corrected chi connectivity index (χ0v) is 35.4. The Balaban J connectivity index is 0.792. The summed E-state index contributed by atoms with van der Waals surface area (Å²) < 4.78 is 51.8. The highest BCUT2D eigenvalue weighted by atomic mass is 19.3. The minimum absolute atomic E-state index is 0.0593. The number of carbonyl (C=O) groups is 5. The second kappa shape index (κ2) is 17.0. The number of halogens is 3. The number of fused-ring (bicyclic) bond motifs is 2. The fourth-order valence-electron chi connectivity index (χ4n) is 10.1. The molecule has 2 aromatic carbocycles. The van der Waals surface area contributed by atoms with Crippen LogP contribution >= 0.6 is 0 Å². The largest absolute Gasteiger partial charge is 0.494 e. The molecule has 19 heteroatoms.